The first-order valence-electron chi connectivity index (χ1n) is 7.52. The Kier molecular flexibility index (Phi) is 0.871. The quantitative estimate of drug-likeness (QED) is 0.690. The maximum absolute atomic E-state index is 12.3. The van der Waals surface area contributed by atoms with E-state index < -0.39 is 37.7 Å². The second-order valence-corrected chi connectivity index (χ2v) is 2.22. The minimum absolute atomic E-state index is 0.102. The molecule has 2 heterocycles. The van der Waals surface area contributed by atoms with Crippen LogP contribution in [0.4, 0.5) is 0 Å². The molecule has 1 aromatic heterocycles. The molecule has 0 aromatic carbocycles. The molecule has 0 aliphatic carbocycles. The molecule has 0 atom stereocenters. The Morgan fingerprint density at radius 3 is 3.00 bits per heavy atom. The third-order valence-corrected chi connectivity index (χ3v) is 1.40. The van der Waals surface area contributed by atoms with Crippen LogP contribution in [0.15, 0.2) is 22.8 Å². The summed E-state index contributed by atoms with van der Waals surface area (Å²) in [5.41, 5.74) is 0. The van der Waals surface area contributed by atoms with E-state index in [0.717, 1.165) is 12.3 Å². The fraction of sp³-hybridized carbons (Fsp3) is 0.444. The molecule has 0 unspecified atom stereocenters. The predicted octanol–water partition coefficient (Wildman–Crippen LogP) is 0.325. The van der Waals surface area contributed by atoms with E-state index in [4.69, 9.17) is 15.4 Å². The molecule has 1 aromatic rings. The van der Waals surface area contributed by atoms with Crippen LogP contribution in [0.2, 0.25) is 0 Å². The summed E-state index contributed by atoms with van der Waals surface area (Å²) in [4.78, 5) is 12.2. The second-order valence-electron chi connectivity index (χ2n) is 2.22. The molecule has 13 heavy (non-hydrogen) atoms. The minimum Gasteiger partial charge on any atom is -0.459 e. The van der Waals surface area contributed by atoms with E-state index in [1.165, 1.54) is 6.07 Å². The van der Waals surface area contributed by atoms with Crippen molar-refractivity contribution in [1.82, 2.24) is 10.2 Å². The van der Waals surface area contributed by atoms with E-state index in [0.29, 0.717) is 0 Å². The summed E-state index contributed by atoms with van der Waals surface area (Å²) >= 11 is 0. The lowest BCUT2D eigenvalue weighted by Gasteiger charge is -2.26. The number of hydrogen-bond acceptors (Lipinski definition) is 3. The standard InChI is InChI=1S/C9H12N2O2/c12-9(8-2-1-7-13-8)11-5-3-10-4-6-11/h1-2,7,10H,3-6H2/i3D2,4D2,5D2,6D2. The lowest BCUT2D eigenvalue weighted by molar-refractivity contribution is 0.0703. The molecule has 1 aliphatic rings. The number of nitrogens with one attached hydrogen (secondary N) is 1. The molecule has 1 saturated heterocycles. The predicted molar refractivity (Wildman–Crippen MR) is 47.5 cm³/mol. The van der Waals surface area contributed by atoms with Crippen molar-refractivity contribution in [3.63, 3.8) is 0 Å². The van der Waals surface area contributed by atoms with Crippen LogP contribution in [0.3, 0.4) is 0 Å². The van der Waals surface area contributed by atoms with E-state index in [9.17, 15) is 4.79 Å². The van der Waals surface area contributed by atoms with E-state index in [2.05, 4.69) is 0 Å². The first-order valence-corrected chi connectivity index (χ1v) is 3.52. The molecule has 0 radical (unpaired) electrons. The molecule has 4 nitrogen and oxygen atoms in total. The zero-order chi connectivity index (χ0) is 16.3. The van der Waals surface area contributed by atoms with Crippen LogP contribution < -0.4 is 5.32 Å². The van der Waals surface area contributed by atoms with Gasteiger partial charge < -0.3 is 14.6 Å². The molecule has 0 saturated carbocycles. The number of nitrogens with zero attached hydrogens (tertiary/aromatic N) is 1. The topological polar surface area (TPSA) is 45.5 Å². The maximum Gasteiger partial charge on any atom is 0.289 e. The van der Waals surface area contributed by atoms with Gasteiger partial charge in [0.25, 0.3) is 5.91 Å². The third kappa shape index (κ3) is 1.72. The Balaban J connectivity index is 2.59. The third-order valence-electron chi connectivity index (χ3n) is 1.40. The van der Waals surface area contributed by atoms with Crippen LogP contribution in [-0.2, 0) is 0 Å². The highest BCUT2D eigenvalue weighted by Crippen LogP contribution is 2.05. The summed E-state index contributed by atoms with van der Waals surface area (Å²) < 4.78 is 66.0. The van der Waals surface area contributed by atoms with Crippen molar-refractivity contribution in [1.29, 1.82) is 0 Å². The van der Waals surface area contributed by atoms with Crippen LogP contribution >= 0.6 is 0 Å². The Morgan fingerprint density at radius 2 is 2.38 bits per heavy atom. The molecule has 1 N–H and O–H groups in total. The summed E-state index contributed by atoms with van der Waals surface area (Å²) in [6, 6.07) is 2.48. The number of hydrogen-bond donors (Lipinski definition) is 1. The number of rotatable bonds is 1. The first-order chi connectivity index (χ1) is 9.34. The van der Waals surface area contributed by atoms with Crippen molar-refractivity contribution in [2.24, 2.45) is 0 Å². The highest BCUT2D eigenvalue weighted by Gasteiger charge is 2.19. The van der Waals surface area contributed by atoms with Crippen molar-refractivity contribution in [2.45, 2.75) is 0 Å². The number of carbonyl (C=O) groups excluding carboxylic acids is 1. The Bertz CT molecular complexity index is 530. The summed E-state index contributed by atoms with van der Waals surface area (Å²) in [6.07, 6.45) is 1.11. The highest BCUT2D eigenvalue weighted by atomic mass is 16.3. The molecule has 1 amide bonds. The van der Waals surface area contributed by atoms with Gasteiger partial charge in [-0.25, -0.2) is 0 Å². The monoisotopic (exact) mass is 188 g/mol. The summed E-state index contributed by atoms with van der Waals surface area (Å²) in [6.45, 7) is -12.3. The van der Waals surface area contributed by atoms with Crippen molar-refractivity contribution < 1.29 is 20.2 Å². The molecular formula is C9H12N2O2. The zero-order valence-corrected chi connectivity index (χ0v) is 6.50. The Labute approximate surface area is 87.8 Å². The zero-order valence-electron chi connectivity index (χ0n) is 14.5. The van der Waals surface area contributed by atoms with Gasteiger partial charge in [0.1, 0.15) is 0 Å². The lowest BCUT2D eigenvalue weighted by atomic mass is 10.3. The van der Waals surface area contributed by atoms with E-state index in [-0.39, 0.29) is 4.90 Å². The molecule has 4 heteroatoms. The van der Waals surface area contributed by atoms with Crippen molar-refractivity contribution in [3.05, 3.63) is 24.2 Å². The van der Waals surface area contributed by atoms with Crippen LogP contribution in [-0.4, -0.2) is 36.8 Å². The van der Waals surface area contributed by atoms with Crippen LogP contribution in [0, 0.1) is 0 Å². The Hall–Kier alpha value is -1.29. The van der Waals surface area contributed by atoms with Crippen LogP contribution in [0.5, 0.6) is 0 Å². The average molecular weight is 188 g/mol. The normalized spacial score (nSPS) is 42.0. The smallest absolute Gasteiger partial charge is 0.289 e. The molecule has 1 aliphatic heterocycles. The highest BCUT2D eigenvalue weighted by molar-refractivity contribution is 5.91. The van der Waals surface area contributed by atoms with Gasteiger partial charge in [-0.05, 0) is 12.1 Å². The van der Waals surface area contributed by atoms with E-state index in [1.807, 2.05) is 0 Å². The number of amides is 1. The largest absolute Gasteiger partial charge is 0.459 e. The summed E-state index contributed by atoms with van der Waals surface area (Å²) in [7, 11) is 0. The van der Waals surface area contributed by atoms with Crippen molar-refractivity contribution >= 4 is 5.91 Å². The van der Waals surface area contributed by atoms with Gasteiger partial charge in [0.05, 0.1) is 11.7 Å². The van der Waals surface area contributed by atoms with E-state index in [1.54, 1.807) is 5.32 Å². The van der Waals surface area contributed by atoms with Gasteiger partial charge >= 0.3 is 0 Å². The molecule has 1 fully saturated rings. The molecular weight excluding hydrogens is 168 g/mol. The first kappa shape index (κ1) is 3.13. The van der Waals surface area contributed by atoms with Gasteiger partial charge in [-0.2, -0.15) is 0 Å². The van der Waals surface area contributed by atoms with Gasteiger partial charge in [0.15, 0.2) is 5.76 Å². The van der Waals surface area contributed by atoms with Gasteiger partial charge in [0.2, 0.25) is 0 Å². The average Bonchev–Trinajstić information content (AvgIpc) is 2.77. The fourth-order valence-corrected chi connectivity index (χ4v) is 0.839. The fourth-order valence-electron chi connectivity index (χ4n) is 0.839. The number of piperazine rings is 1. The lowest BCUT2D eigenvalue weighted by Crippen LogP contribution is -2.46. The summed E-state index contributed by atoms with van der Waals surface area (Å²) in [5.74, 6) is -1.71. The van der Waals surface area contributed by atoms with Crippen LogP contribution in [0.25, 0.3) is 0 Å². The van der Waals surface area contributed by atoms with Gasteiger partial charge in [-0.1, -0.05) is 0 Å². The molecule has 70 valence electrons. The van der Waals surface area contributed by atoms with E-state index >= 15 is 0 Å². The van der Waals surface area contributed by atoms with Gasteiger partial charge in [-0.3, -0.25) is 4.79 Å². The second kappa shape index (κ2) is 3.62. The molecule has 0 spiro atoms. The SMILES string of the molecule is [2H]C1([2H])NC([2H])([2H])C([2H])([2H])N(C(=O)c2ccco2)C1([2H])[2H]. The summed E-state index contributed by atoms with van der Waals surface area (Å²) in [5, 5.41) is 1.63. The number of carbonyl (C=O) groups is 1. The van der Waals surface area contributed by atoms with Crippen LogP contribution in [0.1, 0.15) is 21.5 Å². The molecule has 2 rings (SSSR count). The number of furan rings is 1. The van der Waals surface area contributed by atoms with Crippen molar-refractivity contribution in [3.8, 4) is 0 Å². The van der Waals surface area contributed by atoms with Gasteiger partial charge in [0, 0.05) is 31.5 Å². The van der Waals surface area contributed by atoms with Gasteiger partial charge in [-0.15, -0.1) is 0 Å². The Morgan fingerprint density at radius 1 is 1.62 bits per heavy atom. The minimum atomic E-state index is -3.15. The van der Waals surface area contributed by atoms with Crippen molar-refractivity contribution in [2.75, 3.05) is 26.0 Å². The molecule has 0 bridgehead atoms. The maximum atomic E-state index is 12.3.